The predicted octanol–water partition coefficient (Wildman–Crippen LogP) is 3.56. The Balaban J connectivity index is 1.39. The number of carbonyl (C=O) groups is 1. The van der Waals surface area contributed by atoms with Crippen LogP contribution in [0.5, 0.6) is 5.75 Å². The maximum Gasteiger partial charge on any atom is 0.276 e. The number of amides is 1. The highest BCUT2D eigenvalue weighted by atomic mass is 16.5. The highest BCUT2D eigenvalue weighted by Crippen LogP contribution is 2.30. The molecule has 0 spiro atoms. The number of fused-ring (bicyclic) bond motifs is 1. The van der Waals surface area contributed by atoms with Gasteiger partial charge in [-0.2, -0.15) is 10.2 Å². The van der Waals surface area contributed by atoms with Crippen molar-refractivity contribution in [3.05, 3.63) is 71.8 Å². The molecule has 0 atom stereocenters. The number of hydrogen-bond acceptors (Lipinski definition) is 5. The zero-order valence-corrected chi connectivity index (χ0v) is 18.2. The quantitative estimate of drug-likeness (QED) is 0.506. The van der Waals surface area contributed by atoms with Crippen LogP contribution in [0, 0.1) is 6.92 Å². The number of aromatic nitrogens is 4. The number of ether oxygens (including phenoxy) is 1. The molecule has 5 rings (SSSR count). The van der Waals surface area contributed by atoms with Crippen LogP contribution in [-0.4, -0.2) is 45.5 Å². The summed E-state index contributed by atoms with van der Waals surface area (Å²) in [5.74, 6) is 0.701. The van der Waals surface area contributed by atoms with Gasteiger partial charge in [0.05, 0.1) is 35.9 Å². The van der Waals surface area contributed by atoms with Gasteiger partial charge in [-0.05, 0) is 68.8 Å². The van der Waals surface area contributed by atoms with Crippen molar-refractivity contribution < 1.29 is 9.53 Å². The number of pyridine rings is 1. The van der Waals surface area contributed by atoms with E-state index in [2.05, 4.69) is 21.8 Å². The molecule has 4 heterocycles. The Morgan fingerprint density at radius 3 is 2.78 bits per heavy atom. The second-order valence-corrected chi connectivity index (χ2v) is 8.16. The molecule has 1 fully saturated rings. The smallest absolute Gasteiger partial charge is 0.276 e. The molecule has 4 aromatic rings. The van der Waals surface area contributed by atoms with Gasteiger partial charge >= 0.3 is 0 Å². The van der Waals surface area contributed by atoms with E-state index in [1.165, 1.54) is 0 Å². The average Bonchev–Trinajstić information content (AvgIpc) is 3.46. The second-order valence-electron chi connectivity index (χ2n) is 8.16. The third kappa shape index (κ3) is 3.97. The fourth-order valence-corrected chi connectivity index (χ4v) is 4.16. The molecular weight excluding hydrogens is 404 g/mol. The lowest BCUT2D eigenvalue weighted by molar-refractivity contribution is 0.102. The Morgan fingerprint density at radius 1 is 1.16 bits per heavy atom. The van der Waals surface area contributed by atoms with E-state index < -0.39 is 0 Å². The fraction of sp³-hybridized carbons (Fsp3) is 0.292. The molecule has 3 aromatic heterocycles. The summed E-state index contributed by atoms with van der Waals surface area (Å²) >= 11 is 0. The Kier molecular flexibility index (Phi) is 5.36. The lowest BCUT2D eigenvalue weighted by atomic mass is 9.95. The number of nitrogens with one attached hydrogen (secondary N) is 2. The molecule has 1 amide bonds. The molecule has 1 aliphatic heterocycles. The average molecular weight is 431 g/mol. The molecule has 0 bridgehead atoms. The van der Waals surface area contributed by atoms with Crippen molar-refractivity contribution in [3.63, 3.8) is 0 Å². The van der Waals surface area contributed by atoms with E-state index >= 15 is 0 Å². The molecule has 0 radical (unpaired) electrons. The van der Waals surface area contributed by atoms with E-state index in [1.807, 2.05) is 41.8 Å². The van der Waals surface area contributed by atoms with Gasteiger partial charge in [0.15, 0.2) is 11.4 Å². The van der Waals surface area contributed by atoms with Gasteiger partial charge in [0.2, 0.25) is 0 Å². The van der Waals surface area contributed by atoms with Crippen molar-refractivity contribution in [2.75, 3.05) is 25.5 Å². The Bertz CT molecular complexity index is 1270. The summed E-state index contributed by atoms with van der Waals surface area (Å²) in [6, 6.07) is 13.7. The van der Waals surface area contributed by atoms with Crippen LogP contribution in [0.1, 0.15) is 40.5 Å². The zero-order valence-electron chi connectivity index (χ0n) is 18.2. The molecule has 2 N–H and O–H groups in total. The molecule has 32 heavy (non-hydrogen) atoms. The first-order valence-corrected chi connectivity index (χ1v) is 10.8. The molecule has 0 unspecified atom stereocenters. The summed E-state index contributed by atoms with van der Waals surface area (Å²) in [4.78, 5) is 12.9. The van der Waals surface area contributed by atoms with E-state index in [1.54, 1.807) is 30.3 Å². The topological polar surface area (TPSA) is 85.5 Å². The minimum atomic E-state index is -0.294. The molecule has 8 nitrogen and oxygen atoms in total. The lowest BCUT2D eigenvalue weighted by Gasteiger charge is -2.20. The van der Waals surface area contributed by atoms with Crippen LogP contribution >= 0.6 is 0 Å². The number of rotatable bonds is 5. The van der Waals surface area contributed by atoms with Gasteiger partial charge in [0.25, 0.3) is 5.91 Å². The number of methoxy groups -OCH3 is 1. The van der Waals surface area contributed by atoms with E-state index in [-0.39, 0.29) is 5.91 Å². The number of aryl methyl sites for hydroxylation is 1. The lowest BCUT2D eigenvalue weighted by Crippen LogP contribution is -2.26. The molecule has 1 saturated heterocycles. The number of piperidine rings is 1. The maximum atomic E-state index is 12.9. The molecular formula is C24H26N6O2. The van der Waals surface area contributed by atoms with Crippen LogP contribution in [0.3, 0.4) is 0 Å². The van der Waals surface area contributed by atoms with Crippen LogP contribution < -0.4 is 15.4 Å². The van der Waals surface area contributed by atoms with Gasteiger partial charge in [-0.15, -0.1) is 0 Å². The minimum absolute atomic E-state index is 0.294. The van der Waals surface area contributed by atoms with Gasteiger partial charge in [0, 0.05) is 12.1 Å². The number of nitrogens with zero attached hydrogens (tertiary/aromatic N) is 4. The minimum Gasteiger partial charge on any atom is -0.493 e. The number of benzene rings is 1. The Labute approximate surface area is 186 Å². The first kappa shape index (κ1) is 20.3. The Morgan fingerprint density at radius 2 is 2.00 bits per heavy atom. The SMILES string of the molecule is COc1cn2nc(C3CCNCC3)cc2cc1NC(=O)c1ccn(-c2cccc(C)c2)n1. The summed E-state index contributed by atoms with van der Waals surface area (Å²) in [6.45, 7) is 4.05. The number of hydrogen-bond donors (Lipinski definition) is 2. The number of carbonyl (C=O) groups excluding carboxylic acids is 1. The predicted molar refractivity (Wildman–Crippen MR) is 123 cm³/mol. The largest absolute Gasteiger partial charge is 0.493 e. The standard InChI is InChI=1S/C24H26N6O2/c1-16-4-3-5-18(12-16)29-11-8-20(27-29)24(31)26-22-14-19-13-21(17-6-9-25-10-7-17)28-30(19)15-23(22)32-2/h3-5,8,11-15,17,25H,6-7,9-10H2,1-2H3,(H,26,31). The van der Waals surface area contributed by atoms with Gasteiger partial charge in [-0.3, -0.25) is 4.79 Å². The van der Waals surface area contributed by atoms with Crippen molar-refractivity contribution in [2.24, 2.45) is 0 Å². The zero-order chi connectivity index (χ0) is 22.1. The van der Waals surface area contributed by atoms with E-state index in [0.717, 1.165) is 48.4 Å². The summed E-state index contributed by atoms with van der Waals surface area (Å²) < 4.78 is 9.04. The van der Waals surface area contributed by atoms with Crippen LogP contribution in [0.2, 0.25) is 0 Å². The van der Waals surface area contributed by atoms with E-state index in [0.29, 0.717) is 23.0 Å². The number of anilines is 1. The van der Waals surface area contributed by atoms with Crippen molar-refractivity contribution in [2.45, 2.75) is 25.7 Å². The van der Waals surface area contributed by atoms with Crippen LogP contribution in [0.25, 0.3) is 11.2 Å². The first-order valence-electron chi connectivity index (χ1n) is 10.8. The molecule has 1 aliphatic rings. The first-order chi connectivity index (χ1) is 15.6. The van der Waals surface area contributed by atoms with Crippen molar-refractivity contribution in [3.8, 4) is 11.4 Å². The highest BCUT2D eigenvalue weighted by molar-refractivity contribution is 6.04. The molecule has 1 aromatic carbocycles. The maximum absolute atomic E-state index is 12.9. The third-order valence-corrected chi connectivity index (χ3v) is 5.89. The third-order valence-electron chi connectivity index (χ3n) is 5.89. The fourth-order valence-electron chi connectivity index (χ4n) is 4.16. The van der Waals surface area contributed by atoms with Gasteiger partial charge in [-0.25, -0.2) is 9.20 Å². The summed E-state index contributed by atoms with van der Waals surface area (Å²) in [5.41, 5.74) is 4.96. The van der Waals surface area contributed by atoms with Gasteiger partial charge in [0.1, 0.15) is 0 Å². The molecule has 0 saturated carbocycles. The second kappa shape index (κ2) is 8.47. The van der Waals surface area contributed by atoms with Crippen molar-refractivity contribution >= 4 is 17.1 Å². The highest BCUT2D eigenvalue weighted by Gasteiger charge is 2.20. The normalized spacial score (nSPS) is 14.6. The van der Waals surface area contributed by atoms with E-state index in [4.69, 9.17) is 9.84 Å². The van der Waals surface area contributed by atoms with Gasteiger partial charge < -0.3 is 15.4 Å². The van der Waals surface area contributed by atoms with Crippen LogP contribution in [-0.2, 0) is 0 Å². The molecule has 8 heteroatoms. The monoisotopic (exact) mass is 430 g/mol. The Hall–Kier alpha value is -3.65. The summed E-state index contributed by atoms with van der Waals surface area (Å²) in [5, 5.41) is 15.5. The van der Waals surface area contributed by atoms with Crippen molar-refractivity contribution in [1.82, 2.24) is 24.7 Å². The molecule has 164 valence electrons. The molecule has 0 aliphatic carbocycles. The van der Waals surface area contributed by atoms with Gasteiger partial charge in [-0.1, -0.05) is 12.1 Å². The van der Waals surface area contributed by atoms with E-state index in [9.17, 15) is 4.79 Å². The van der Waals surface area contributed by atoms with Crippen molar-refractivity contribution in [1.29, 1.82) is 0 Å². The summed E-state index contributed by atoms with van der Waals surface area (Å²) in [6.07, 6.45) is 5.75. The van der Waals surface area contributed by atoms with Crippen LogP contribution in [0.15, 0.2) is 54.9 Å². The summed E-state index contributed by atoms with van der Waals surface area (Å²) in [7, 11) is 1.58. The van der Waals surface area contributed by atoms with Crippen LogP contribution in [0.4, 0.5) is 5.69 Å².